The Morgan fingerprint density at radius 1 is 1.47 bits per heavy atom. The number of aliphatic hydroxyl groups excluding tert-OH is 1. The molecule has 3 nitrogen and oxygen atoms in total. The molecule has 0 unspecified atom stereocenters. The number of allylic oxidation sites excluding steroid dienone is 1. The average molecular weight is 213 g/mol. The second-order valence-corrected chi connectivity index (χ2v) is 3.61. The highest BCUT2D eigenvalue weighted by Gasteiger charge is 2.19. The number of hydrogen-bond donors (Lipinski definition) is 1. The van der Waals surface area contributed by atoms with E-state index in [1.807, 2.05) is 0 Å². The number of nitrogens with zero attached hydrogens (tertiary/aromatic N) is 1. The van der Waals surface area contributed by atoms with Gasteiger partial charge in [0.25, 0.3) is 0 Å². The van der Waals surface area contributed by atoms with Gasteiger partial charge >= 0.3 is 0 Å². The zero-order valence-corrected chi connectivity index (χ0v) is 9.91. The van der Waals surface area contributed by atoms with E-state index in [4.69, 9.17) is 5.11 Å². The summed E-state index contributed by atoms with van der Waals surface area (Å²) in [6.07, 6.45) is 4.84. The molecule has 0 atom stereocenters. The van der Waals surface area contributed by atoms with E-state index < -0.39 is 0 Å². The Morgan fingerprint density at radius 3 is 2.47 bits per heavy atom. The Labute approximate surface area is 92.8 Å². The van der Waals surface area contributed by atoms with Crippen LogP contribution in [0.3, 0.4) is 0 Å². The average Bonchev–Trinajstić information content (AvgIpc) is 2.26. The Kier molecular flexibility index (Phi) is 8.01. The van der Waals surface area contributed by atoms with Crippen molar-refractivity contribution >= 4 is 5.91 Å². The maximum absolute atomic E-state index is 11.8. The fourth-order valence-corrected chi connectivity index (χ4v) is 1.72. The van der Waals surface area contributed by atoms with Gasteiger partial charge in [-0.1, -0.05) is 19.9 Å². The topological polar surface area (TPSA) is 40.5 Å². The van der Waals surface area contributed by atoms with Crippen LogP contribution in [0.1, 0.15) is 39.5 Å². The number of rotatable bonds is 8. The van der Waals surface area contributed by atoms with Gasteiger partial charge in [0.1, 0.15) is 0 Å². The standard InChI is InChI=1S/C12H23NO2/c1-4-7-8-12(15)13(9-10-14)11(5-2)6-3/h4,11,14H,1,5-10H2,2-3H3. The van der Waals surface area contributed by atoms with Crippen LogP contribution in [0.2, 0.25) is 0 Å². The van der Waals surface area contributed by atoms with Crippen LogP contribution in [0.25, 0.3) is 0 Å². The summed E-state index contributed by atoms with van der Waals surface area (Å²) in [5.41, 5.74) is 0. The fourth-order valence-electron chi connectivity index (χ4n) is 1.72. The summed E-state index contributed by atoms with van der Waals surface area (Å²) >= 11 is 0. The van der Waals surface area contributed by atoms with Gasteiger partial charge in [0.15, 0.2) is 0 Å². The molecule has 0 aliphatic heterocycles. The summed E-state index contributed by atoms with van der Waals surface area (Å²) in [4.78, 5) is 13.6. The highest BCUT2D eigenvalue weighted by molar-refractivity contribution is 5.76. The Balaban J connectivity index is 4.33. The van der Waals surface area contributed by atoms with E-state index in [-0.39, 0.29) is 18.6 Å². The maximum atomic E-state index is 11.8. The molecular weight excluding hydrogens is 190 g/mol. The summed E-state index contributed by atoms with van der Waals surface area (Å²) in [7, 11) is 0. The van der Waals surface area contributed by atoms with Crippen molar-refractivity contribution < 1.29 is 9.90 Å². The zero-order chi connectivity index (χ0) is 11.7. The van der Waals surface area contributed by atoms with Crippen LogP contribution in [0, 0.1) is 0 Å². The van der Waals surface area contributed by atoms with Crippen LogP contribution in [0.4, 0.5) is 0 Å². The summed E-state index contributed by atoms with van der Waals surface area (Å²) in [6, 6.07) is 0.259. The van der Waals surface area contributed by atoms with Gasteiger partial charge in [-0.3, -0.25) is 4.79 Å². The molecule has 0 heterocycles. The highest BCUT2D eigenvalue weighted by Crippen LogP contribution is 2.10. The number of carbonyl (C=O) groups is 1. The molecule has 15 heavy (non-hydrogen) atoms. The number of hydrogen-bond acceptors (Lipinski definition) is 2. The lowest BCUT2D eigenvalue weighted by Crippen LogP contribution is -2.41. The third kappa shape index (κ3) is 4.98. The van der Waals surface area contributed by atoms with Crippen LogP contribution >= 0.6 is 0 Å². The first kappa shape index (κ1) is 14.2. The lowest BCUT2D eigenvalue weighted by atomic mass is 10.1. The summed E-state index contributed by atoms with van der Waals surface area (Å²) in [5.74, 6) is 0.123. The van der Waals surface area contributed by atoms with Crippen LogP contribution in [-0.4, -0.2) is 35.1 Å². The highest BCUT2D eigenvalue weighted by atomic mass is 16.3. The maximum Gasteiger partial charge on any atom is 0.223 e. The van der Waals surface area contributed by atoms with Gasteiger partial charge in [-0.2, -0.15) is 0 Å². The SMILES string of the molecule is C=CCCC(=O)N(CCO)C(CC)CC. The second kappa shape index (κ2) is 8.48. The normalized spacial score (nSPS) is 10.4. The third-order valence-corrected chi connectivity index (χ3v) is 2.61. The van der Waals surface area contributed by atoms with Gasteiger partial charge in [0.05, 0.1) is 6.61 Å². The van der Waals surface area contributed by atoms with Gasteiger partial charge in [-0.25, -0.2) is 0 Å². The minimum atomic E-state index is 0.0380. The van der Waals surface area contributed by atoms with E-state index in [0.29, 0.717) is 19.4 Å². The number of amides is 1. The molecule has 0 fully saturated rings. The van der Waals surface area contributed by atoms with E-state index in [0.717, 1.165) is 12.8 Å². The smallest absolute Gasteiger partial charge is 0.223 e. The van der Waals surface area contributed by atoms with Crippen molar-refractivity contribution in [3.05, 3.63) is 12.7 Å². The van der Waals surface area contributed by atoms with Gasteiger partial charge in [0, 0.05) is 19.0 Å². The van der Waals surface area contributed by atoms with Crippen molar-refractivity contribution in [1.29, 1.82) is 0 Å². The first-order valence-corrected chi connectivity index (χ1v) is 5.72. The van der Waals surface area contributed by atoms with Gasteiger partial charge < -0.3 is 10.0 Å². The molecule has 0 rings (SSSR count). The first-order valence-electron chi connectivity index (χ1n) is 5.72. The molecule has 0 bridgehead atoms. The second-order valence-electron chi connectivity index (χ2n) is 3.61. The molecule has 0 aromatic rings. The van der Waals surface area contributed by atoms with Gasteiger partial charge in [-0.05, 0) is 19.3 Å². The van der Waals surface area contributed by atoms with Crippen LogP contribution in [0.15, 0.2) is 12.7 Å². The molecular formula is C12H23NO2. The van der Waals surface area contributed by atoms with E-state index in [2.05, 4.69) is 20.4 Å². The number of aliphatic hydroxyl groups is 1. The molecule has 0 radical (unpaired) electrons. The minimum absolute atomic E-state index is 0.0380. The third-order valence-electron chi connectivity index (χ3n) is 2.61. The van der Waals surface area contributed by atoms with Crippen molar-refractivity contribution in [2.24, 2.45) is 0 Å². The molecule has 0 saturated heterocycles. The first-order chi connectivity index (χ1) is 7.21. The molecule has 0 aliphatic carbocycles. The Bertz CT molecular complexity index is 188. The summed E-state index contributed by atoms with van der Waals surface area (Å²) in [5, 5.41) is 8.94. The van der Waals surface area contributed by atoms with Gasteiger partial charge in [0.2, 0.25) is 5.91 Å². The molecule has 3 heteroatoms. The van der Waals surface area contributed by atoms with Crippen LogP contribution in [-0.2, 0) is 4.79 Å². The Hall–Kier alpha value is -0.830. The van der Waals surface area contributed by atoms with E-state index in [1.54, 1.807) is 11.0 Å². The van der Waals surface area contributed by atoms with Crippen molar-refractivity contribution in [1.82, 2.24) is 4.90 Å². The summed E-state index contributed by atoms with van der Waals surface area (Å²) in [6.45, 7) is 8.23. The van der Waals surface area contributed by atoms with Crippen molar-refractivity contribution in [2.45, 2.75) is 45.6 Å². The molecule has 0 saturated carbocycles. The van der Waals surface area contributed by atoms with Crippen molar-refractivity contribution in [3.63, 3.8) is 0 Å². The molecule has 0 aliphatic rings. The zero-order valence-electron chi connectivity index (χ0n) is 9.91. The molecule has 1 amide bonds. The molecule has 1 N–H and O–H groups in total. The number of carbonyl (C=O) groups excluding carboxylic acids is 1. The van der Waals surface area contributed by atoms with E-state index in [1.165, 1.54) is 0 Å². The fraction of sp³-hybridized carbons (Fsp3) is 0.750. The Morgan fingerprint density at radius 2 is 2.07 bits per heavy atom. The quantitative estimate of drug-likeness (QED) is 0.626. The predicted octanol–water partition coefficient (Wildman–Crippen LogP) is 1.96. The molecule has 0 aromatic heterocycles. The molecule has 88 valence electrons. The summed E-state index contributed by atoms with van der Waals surface area (Å²) < 4.78 is 0. The lowest BCUT2D eigenvalue weighted by Gasteiger charge is -2.30. The minimum Gasteiger partial charge on any atom is -0.395 e. The van der Waals surface area contributed by atoms with Gasteiger partial charge in [-0.15, -0.1) is 6.58 Å². The van der Waals surface area contributed by atoms with Crippen molar-refractivity contribution in [3.8, 4) is 0 Å². The molecule has 0 spiro atoms. The lowest BCUT2D eigenvalue weighted by molar-refractivity contribution is -0.134. The van der Waals surface area contributed by atoms with E-state index in [9.17, 15) is 4.79 Å². The monoisotopic (exact) mass is 213 g/mol. The van der Waals surface area contributed by atoms with Crippen molar-refractivity contribution in [2.75, 3.05) is 13.2 Å². The molecule has 0 aromatic carbocycles. The largest absolute Gasteiger partial charge is 0.395 e. The van der Waals surface area contributed by atoms with Crippen LogP contribution < -0.4 is 0 Å². The van der Waals surface area contributed by atoms with Crippen LogP contribution in [0.5, 0.6) is 0 Å². The predicted molar refractivity (Wildman–Crippen MR) is 62.6 cm³/mol. The van der Waals surface area contributed by atoms with E-state index >= 15 is 0 Å².